The molecule has 2 aromatic rings. The number of ether oxygens (including phenoxy) is 2. The summed E-state index contributed by atoms with van der Waals surface area (Å²) in [7, 11) is 0. The largest absolute Gasteiger partial charge is 0.454 e. The Morgan fingerprint density at radius 1 is 1.12 bits per heavy atom. The molecule has 0 unspecified atom stereocenters. The Labute approximate surface area is 148 Å². The molecule has 2 aromatic carbocycles. The number of nitrogens with one attached hydrogen (secondary N) is 1. The van der Waals surface area contributed by atoms with Crippen LogP contribution in [0.5, 0.6) is 11.5 Å². The Hall–Kier alpha value is -2.75. The van der Waals surface area contributed by atoms with Gasteiger partial charge in [0.1, 0.15) is 0 Å². The number of carbonyl (C=O) groups excluding carboxylic acids is 1. The minimum Gasteiger partial charge on any atom is -0.454 e. The van der Waals surface area contributed by atoms with Gasteiger partial charge in [0.25, 0.3) is 0 Å². The van der Waals surface area contributed by atoms with E-state index in [2.05, 4.69) is 31.3 Å². The fraction of sp³-hybridized carbons (Fsp3) is 0.286. The predicted molar refractivity (Wildman–Crippen MR) is 98.4 cm³/mol. The molecule has 25 heavy (non-hydrogen) atoms. The summed E-state index contributed by atoms with van der Waals surface area (Å²) in [5.41, 5.74) is 2.03. The van der Waals surface area contributed by atoms with Crippen molar-refractivity contribution in [3.63, 3.8) is 0 Å². The van der Waals surface area contributed by atoms with E-state index < -0.39 is 0 Å². The molecule has 0 saturated heterocycles. The second-order valence-electron chi connectivity index (χ2n) is 6.55. The minimum atomic E-state index is -0.104. The van der Waals surface area contributed by atoms with Crippen molar-refractivity contribution >= 4 is 12.0 Å². The molecule has 4 nitrogen and oxygen atoms in total. The zero-order chi connectivity index (χ0) is 17.6. The molecule has 0 fully saturated rings. The Morgan fingerprint density at radius 3 is 2.64 bits per heavy atom. The molecule has 4 heteroatoms. The van der Waals surface area contributed by atoms with Gasteiger partial charge >= 0.3 is 0 Å². The van der Waals surface area contributed by atoms with Crippen molar-refractivity contribution in [1.29, 1.82) is 0 Å². The van der Waals surface area contributed by atoms with Crippen molar-refractivity contribution in [3.8, 4) is 11.5 Å². The number of rotatable bonds is 6. The van der Waals surface area contributed by atoms with Crippen LogP contribution in [0.1, 0.15) is 37.4 Å². The number of amides is 1. The minimum absolute atomic E-state index is 0.00936. The molecule has 1 aliphatic rings. The number of carbonyl (C=O) groups is 1. The maximum absolute atomic E-state index is 12.4. The molecule has 1 atom stereocenters. The first-order chi connectivity index (χ1) is 12.1. The number of hydrogen-bond acceptors (Lipinski definition) is 3. The van der Waals surface area contributed by atoms with Gasteiger partial charge in [-0.3, -0.25) is 4.79 Å². The monoisotopic (exact) mass is 337 g/mol. The van der Waals surface area contributed by atoms with Crippen molar-refractivity contribution in [1.82, 2.24) is 5.32 Å². The van der Waals surface area contributed by atoms with Crippen molar-refractivity contribution in [2.24, 2.45) is 5.92 Å². The van der Waals surface area contributed by atoms with E-state index >= 15 is 0 Å². The third-order valence-corrected chi connectivity index (χ3v) is 4.05. The second kappa shape index (κ2) is 7.88. The lowest BCUT2D eigenvalue weighted by molar-refractivity contribution is -0.117. The van der Waals surface area contributed by atoms with E-state index in [0.29, 0.717) is 11.7 Å². The van der Waals surface area contributed by atoms with E-state index in [0.717, 1.165) is 23.3 Å². The van der Waals surface area contributed by atoms with E-state index in [1.807, 2.05) is 36.4 Å². The van der Waals surface area contributed by atoms with E-state index in [9.17, 15) is 4.79 Å². The average Bonchev–Trinajstić information content (AvgIpc) is 3.07. The summed E-state index contributed by atoms with van der Waals surface area (Å²) in [4.78, 5) is 12.4. The maximum atomic E-state index is 12.4. The average molecular weight is 337 g/mol. The smallest absolute Gasteiger partial charge is 0.244 e. The van der Waals surface area contributed by atoms with Crippen LogP contribution in [0, 0.1) is 5.92 Å². The van der Waals surface area contributed by atoms with Gasteiger partial charge in [0, 0.05) is 6.08 Å². The van der Waals surface area contributed by atoms with Gasteiger partial charge < -0.3 is 14.8 Å². The van der Waals surface area contributed by atoms with Gasteiger partial charge in [-0.05, 0) is 41.7 Å². The quantitative estimate of drug-likeness (QED) is 0.798. The van der Waals surface area contributed by atoms with Crippen LogP contribution >= 0.6 is 0 Å². The SMILES string of the molecule is CC(C)C[C@@H](NC(=O)/C=C/c1ccc2c(c1)OCO2)c1ccccc1. The van der Waals surface area contributed by atoms with Gasteiger partial charge in [-0.25, -0.2) is 0 Å². The fourth-order valence-corrected chi connectivity index (χ4v) is 2.84. The van der Waals surface area contributed by atoms with Gasteiger partial charge in [0.15, 0.2) is 11.5 Å². The molecule has 1 aliphatic heterocycles. The highest BCUT2D eigenvalue weighted by atomic mass is 16.7. The molecule has 1 N–H and O–H groups in total. The van der Waals surface area contributed by atoms with E-state index in [4.69, 9.17) is 9.47 Å². The number of fused-ring (bicyclic) bond motifs is 1. The molecule has 1 heterocycles. The van der Waals surface area contributed by atoms with Crippen LogP contribution in [0.4, 0.5) is 0 Å². The Balaban J connectivity index is 1.67. The summed E-state index contributed by atoms with van der Waals surface area (Å²) in [5.74, 6) is 1.84. The normalized spacial score (nSPS) is 14.0. The third kappa shape index (κ3) is 4.63. The highest BCUT2D eigenvalue weighted by Gasteiger charge is 2.15. The van der Waals surface area contributed by atoms with E-state index in [1.165, 1.54) is 0 Å². The lowest BCUT2D eigenvalue weighted by Gasteiger charge is -2.20. The number of hydrogen-bond donors (Lipinski definition) is 1. The fourth-order valence-electron chi connectivity index (χ4n) is 2.84. The van der Waals surface area contributed by atoms with Crippen LogP contribution in [-0.4, -0.2) is 12.7 Å². The maximum Gasteiger partial charge on any atom is 0.244 e. The highest BCUT2D eigenvalue weighted by molar-refractivity contribution is 5.92. The zero-order valence-corrected chi connectivity index (χ0v) is 14.6. The van der Waals surface area contributed by atoms with E-state index in [-0.39, 0.29) is 18.7 Å². The van der Waals surface area contributed by atoms with Gasteiger partial charge in [0.2, 0.25) is 12.7 Å². The topological polar surface area (TPSA) is 47.6 Å². The predicted octanol–water partition coefficient (Wildman–Crippen LogP) is 4.33. The molecular formula is C21H23NO3. The molecule has 0 bridgehead atoms. The molecular weight excluding hydrogens is 314 g/mol. The summed E-state index contributed by atoms with van der Waals surface area (Å²) >= 11 is 0. The second-order valence-corrected chi connectivity index (χ2v) is 6.55. The first-order valence-electron chi connectivity index (χ1n) is 8.55. The van der Waals surface area contributed by atoms with Crippen molar-refractivity contribution in [2.75, 3.05) is 6.79 Å². The van der Waals surface area contributed by atoms with Gasteiger partial charge in [-0.15, -0.1) is 0 Å². The van der Waals surface area contributed by atoms with Crippen molar-refractivity contribution in [3.05, 3.63) is 65.7 Å². The summed E-state index contributed by atoms with van der Waals surface area (Å²) in [5, 5.41) is 3.11. The molecule has 0 spiro atoms. The zero-order valence-electron chi connectivity index (χ0n) is 14.6. The first-order valence-corrected chi connectivity index (χ1v) is 8.55. The lowest BCUT2D eigenvalue weighted by atomic mass is 9.97. The lowest BCUT2D eigenvalue weighted by Crippen LogP contribution is -2.27. The van der Waals surface area contributed by atoms with Crippen LogP contribution in [0.2, 0.25) is 0 Å². The summed E-state index contributed by atoms with van der Waals surface area (Å²) in [6.07, 6.45) is 4.25. The third-order valence-electron chi connectivity index (χ3n) is 4.05. The Morgan fingerprint density at radius 2 is 1.88 bits per heavy atom. The van der Waals surface area contributed by atoms with Crippen LogP contribution in [0.15, 0.2) is 54.6 Å². The standard InChI is InChI=1S/C21H23NO3/c1-15(2)12-18(17-6-4-3-5-7-17)22-21(23)11-9-16-8-10-19-20(13-16)25-14-24-19/h3-11,13,15,18H,12,14H2,1-2H3,(H,22,23)/b11-9+/t18-/m1/s1. The van der Waals surface area contributed by atoms with Gasteiger partial charge in [-0.2, -0.15) is 0 Å². The molecule has 0 aromatic heterocycles. The van der Waals surface area contributed by atoms with Crippen molar-refractivity contribution < 1.29 is 14.3 Å². The Bertz CT molecular complexity index is 753. The summed E-state index contributed by atoms with van der Waals surface area (Å²) in [6, 6.07) is 15.7. The number of benzene rings is 2. The molecule has 0 saturated carbocycles. The van der Waals surface area contributed by atoms with E-state index in [1.54, 1.807) is 12.2 Å². The van der Waals surface area contributed by atoms with Crippen molar-refractivity contribution in [2.45, 2.75) is 26.3 Å². The summed E-state index contributed by atoms with van der Waals surface area (Å²) in [6.45, 7) is 4.56. The highest BCUT2D eigenvalue weighted by Crippen LogP contribution is 2.32. The van der Waals surface area contributed by atoms with Crippen LogP contribution in [0.3, 0.4) is 0 Å². The first kappa shape index (κ1) is 17.1. The summed E-state index contributed by atoms with van der Waals surface area (Å²) < 4.78 is 10.6. The molecule has 1 amide bonds. The molecule has 0 radical (unpaired) electrons. The molecule has 3 rings (SSSR count). The van der Waals surface area contributed by atoms with Gasteiger partial charge in [-0.1, -0.05) is 50.2 Å². The van der Waals surface area contributed by atoms with Crippen LogP contribution in [-0.2, 0) is 4.79 Å². The van der Waals surface area contributed by atoms with Gasteiger partial charge in [0.05, 0.1) is 6.04 Å². The molecule has 130 valence electrons. The van der Waals surface area contributed by atoms with Crippen LogP contribution < -0.4 is 14.8 Å². The molecule has 0 aliphatic carbocycles. The Kier molecular flexibility index (Phi) is 5.39. The van der Waals surface area contributed by atoms with Crippen LogP contribution in [0.25, 0.3) is 6.08 Å².